The number of fused-ring (bicyclic) bond motifs is 1. The second kappa shape index (κ2) is 2.82. The largest absolute Gasteiger partial charge is 0.298 e. The van der Waals surface area contributed by atoms with Crippen LogP contribution < -0.4 is 0 Å². The van der Waals surface area contributed by atoms with Gasteiger partial charge in [-0.3, -0.25) is 9.20 Å². The Morgan fingerprint density at radius 2 is 2.15 bits per heavy atom. The first-order valence-electron chi connectivity index (χ1n) is 3.75. The van der Waals surface area contributed by atoms with Gasteiger partial charge >= 0.3 is 0 Å². The number of carbonyl (C=O) groups is 1. The molecule has 0 bridgehead atoms. The van der Waals surface area contributed by atoms with E-state index in [4.69, 9.17) is 0 Å². The third-order valence-corrected chi connectivity index (χ3v) is 1.92. The fourth-order valence-corrected chi connectivity index (χ4v) is 1.32. The third-order valence-electron chi connectivity index (χ3n) is 1.92. The van der Waals surface area contributed by atoms with Gasteiger partial charge in [0.05, 0.1) is 5.52 Å². The molecule has 0 fully saturated rings. The van der Waals surface area contributed by atoms with Crippen molar-refractivity contribution < 1.29 is 4.79 Å². The van der Waals surface area contributed by atoms with Gasteiger partial charge in [-0.15, -0.1) is 4.91 Å². The lowest BCUT2D eigenvalue weighted by Gasteiger charge is -1.96. The van der Waals surface area contributed by atoms with Crippen molar-refractivity contribution >= 4 is 17.6 Å². The molecular formula is C9H6N2O2. The second-order valence-corrected chi connectivity index (χ2v) is 2.62. The number of pyridine rings is 1. The molecule has 0 radical (unpaired) electrons. The van der Waals surface area contributed by atoms with Crippen molar-refractivity contribution in [1.82, 2.24) is 4.40 Å². The van der Waals surface area contributed by atoms with Crippen LogP contribution >= 0.6 is 0 Å². The minimum absolute atomic E-state index is 0.304. The van der Waals surface area contributed by atoms with Gasteiger partial charge in [-0.05, 0) is 29.4 Å². The van der Waals surface area contributed by atoms with Crippen LogP contribution in [0.25, 0.3) is 5.52 Å². The van der Waals surface area contributed by atoms with Gasteiger partial charge in [0.1, 0.15) is 0 Å². The molecule has 0 aliphatic rings. The van der Waals surface area contributed by atoms with E-state index in [1.807, 2.05) is 0 Å². The van der Waals surface area contributed by atoms with Gasteiger partial charge in [-0.1, -0.05) is 0 Å². The summed E-state index contributed by atoms with van der Waals surface area (Å²) in [5, 5.41) is 2.83. The molecule has 0 N–H and O–H groups in total. The maximum atomic E-state index is 10.6. The molecule has 4 nitrogen and oxygen atoms in total. The fraction of sp³-hybridized carbons (Fsp3) is 0. The topological polar surface area (TPSA) is 50.9 Å². The van der Waals surface area contributed by atoms with Crippen LogP contribution in [-0.4, -0.2) is 10.7 Å². The van der Waals surface area contributed by atoms with Gasteiger partial charge in [0.2, 0.25) is 0 Å². The quantitative estimate of drug-likeness (QED) is 0.517. The highest BCUT2D eigenvalue weighted by Crippen LogP contribution is 2.19. The smallest absolute Gasteiger partial charge is 0.181 e. The van der Waals surface area contributed by atoms with Gasteiger partial charge in [0, 0.05) is 11.8 Å². The van der Waals surface area contributed by atoms with E-state index in [0.717, 1.165) is 6.29 Å². The molecule has 0 saturated heterocycles. The lowest BCUT2D eigenvalue weighted by Crippen LogP contribution is -1.87. The Hall–Kier alpha value is -1.97. The predicted octanol–water partition coefficient (Wildman–Crippen LogP) is 2.15. The molecule has 0 amide bonds. The number of aldehydes is 1. The Bertz CT molecular complexity index is 473. The van der Waals surface area contributed by atoms with Gasteiger partial charge < -0.3 is 0 Å². The van der Waals surface area contributed by atoms with E-state index in [1.165, 1.54) is 0 Å². The summed E-state index contributed by atoms with van der Waals surface area (Å²) in [5.41, 5.74) is 1.25. The molecule has 0 saturated carbocycles. The highest BCUT2D eigenvalue weighted by atomic mass is 16.3. The van der Waals surface area contributed by atoms with E-state index in [1.54, 1.807) is 34.9 Å². The predicted molar refractivity (Wildman–Crippen MR) is 48.2 cm³/mol. The van der Waals surface area contributed by atoms with E-state index in [9.17, 15) is 9.70 Å². The van der Waals surface area contributed by atoms with E-state index in [-0.39, 0.29) is 0 Å². The molecule has 4 heteroatoms. The Balaban J connectivity index is 2.86. The van der Waals surface area contributed by atoms with Crippen molar-refractivity contribution in [2.45, 2.75) is 0 Å². The number of carbonyl (C=O) groups excluding carboxylic acids is 1. The molecule has 0 spiro atoms. The molecule has 0 aromatic carbocycles. The molecule has 2 aromatic heterocycles. The molecule has 0 aliphatic carbocycles. The summed E-state index contributed by atoms with van der Waals surface area (Å²) in [5.74, 6) is 0.304. The van der Waals surface area contributed by atoms with Crippen molar-refractivity contribution in [2.24, 2.45) is 5.18 Å². The molecule has 64 valence electrons. The number of rotatable bonds is 2. The first-order chi connectivity index (χ1) is 6.36. The van der Waals surface area contributed by atoms with Crippen LogP contribution in [0.5, 0.6) is 0 Å². The molecule has 0 atom stereocenters. The first kappa shape index (κ1) is 7.67. The van der Waals surface area contributed by atoms with Crippen LogP contribution in [0.3, 0.4) is 0 Å². The zero-order valence-corrected chi connectivity index (χ0v) is 6.68. The average Bonchev–Trinajstić information content (AvgIpc) is 2.60. The molecule has 2 aromatic rings. The van der Waals surface area contributed by atoms with Crippen molar-refractivity contribution in [3.8, 4) is 0 Å². The third kappa shape index (κ3) is 1.03. The van der Waals surface area contributed by atoms with Gasteiger partial charge in [-0.25, -0.2) is 0 Å². The molecule has 13 heavy (non-hydrogen) atoms. The highest BCUT2D eigenvalue weighted by Gasteiger charge is 2.03. The zero-order valence-electron chi connectivity index (χ0n) is 6.68. The van der Waals surface area contributed by atoms with E-state index in [2.05, 4.69) is 5.18 Å². The van der Waals surface area contributed by atoms with E-state index in [0.29, 0.717) is 16.9 Å². The number of hydrogen-bond acceptors (Lipinski definition) is 3. The SMILES string of the molecule is O=Cc1cccn2c(N=O)ccc12. The summed E-state index contributed by atoms with van der Waals surface area (Å²) in [4.78, 5) is 20.9. The molecule has 2 heterocycles. The summed E-state index contributed by atoms with van der Waals surface area (Å²) < 4.78 is 1.58. The Morgan fingerprint density at radius 1 is 1.31 bits per heavy atom. The maximum absolute atomic E-state index is 10.6. The number of aromatic nitrogens is 1. The summed E-state index contributed by atoms with van der Waals surface area (Å²) in [6.07, 6.45) is 2.45. The lowest BCUT2D eigenvalue weighted by molar-refractivity contribution is 0.112. The van der Waals surface area contributed by atoms with Gasteiger partial charge in [0.15, 0.2) is 12.1 Å². The van der Waals surface area contributed by atoms with Crippen molar-refractivity contribution in [1.29, 1.82) is 0 Å². The normalized spacial score (nSPS) is 10.2. The monoisotopic (exact) mass is 174 g/mol. The number of nitrogens with zero attached hydrogens (tertiary/aromatic N) is 2. The van der Waals surface area contributed by atoms with Crippen molar-refractivity contribution in [3.05, 3.63) is 40.9 Å². The highest BCUT2D eigenvalue weighted by molar-refractivity contribution is 5.86. The van der Waals surface area contributed by atoms with Crippen molar-refractivity contribution in [2.75, 3.05) is 0 Å². The lowest BCUT2D eigenvalue weighted by atomic mass is 10.2. The zero-order chi connectivity index (χ0) is 9.26. The van der Waals surface area contributed by atoms with E-state index < -0.39 is 0 Å². The van der Waals surface area contributed by atoms with E-state index >= 15 is 0 Å². The summed E-state index contributed by atoms with van der Waals surface area (Å²) in [6, 6.07) is 6.66. The van der Waals surface area contributed by atoms with Crippen LogP contribution in [0.1, 0.15) is 10.4 Å². The van der Waals surface area contributed by atoms with Crippen LogP contribution in [0.15, 0.2) is 35.6 Å². The van der Waals surface area contributed by atoms with Gasteiger partial charge in [0.25, 0.3) is 0 Å². The maximum Gasteiger partial charge on any atom is 0.181 e. The summed E-state index contributed by atoms with van der Waals surface area (Å²) in [6.45, 7) is 0. The molecule has 0 unspecified atom stereocenters. The van der Waals surface area contributed by atoms with Gasteiger partial charge in [-0.2, -0.15) is 0 Å². The van der Waals surface area contributed by atoms with Crippen LogP contribution in [-0.2, 0) is 0 Å². The Labute approximate surface area is 73.8 Å². The molecule has 2 rings (SSSR count). The first-order valence-corrected chi connectivity index (χ1v) is 3.75. The number of nitroso groups, excluding NO2 is 1. The van der Waals surface area contributed by atoms with Crippen LogP contribution in [0, 0.1) is 4.91 Å². The van der Waals surface area contributed by atoms with Crippen molar-refractivity contribution in [3.63, 3.8) is 0 Å². The number of hydrogen-bond donors (Lipinski definition) is 0. The molecule has 0 aliphatic heterocycles. The molecular weight excluding hydrogens is 168 g/mol. The minimum atomic E-state index is 0.304. The standard InChI is InChI=1S/C9H6N2O2/c12-6-7-2-1-5-11-8(7)3-4-9(11)10-13/h1-6H. The summed E-state index contributed by atoms with van der Waals surface area (Å²) in [7, 11) is 0. The van der Waals surface area contributed by atoms with Crippen LogP contribution in [0.2, 0.25) is 0 Å². The minimum Gasteiger partial charge on any atom is -0.298 e. The average molecular weight is 174 g/mol. The summed E-state index contributed by atoms with van der Waals surface area (Å²) >= 11 is 0. The Kier molecular flexibility index (Phi) is 1.66. The van der Waals surface area contributed by atoms with Crippen LogP contribution in [0.4, 0.5) is 5.82 Å². The Morgan fingerprint density at radius 3 is 2.85 bits per heavy atom. The fourth-order valence-electron chi connectivity index (χ4n) is 1.32. The second-order valence-electron chi connectivity index (χ2n) is 2.62.